The molecule has 6 nitrogen and oxygen atoms in total. The lowest BCUT2D eigenvalue weighted by Crippen LogP contribution is -2.37. The third-order valence-electron chi connectivity index (χ3n) is 3.76. The number of sulfonamides is 1. The zero-order chi connectivity index (χ0) is 17.0. The van der Waals surface area contributed by atoms with Gasteiger partial charge in [-0.15, -0.1) is 11.3 Å². The highest BCUT2D eigenvalue weighted by Gasteiger charge is 2.17. The van der Waals surface area contributed by atoms with Gasteiger partial charge in [-0.1, -0.05) is 18.2 Å². The minimum Gasteiger partial charge on any atom is -0.352 e. The maximum atomic E-state index is 12.1. The third kappa shape index (κ3) is 4.34. The van der Waals surface area contributed by atoms with E-state index in [0.29, 0.717) is 5.69 Å². The molecule has 0 spiro atoms. The molecule has 1 amide bonds. The van der Waals surface area contributed by atoms with Gasteiger partial charge in [-0.3, -0.25) is 9.52 Å². The van der Waals surface area contributed by atoms with Crippen molar-refractivity contribution < 1.29 is 13.2 Å². The lowest BCUT2D eigenvalue weighted by atomic mass is 10.1. The first-order chi connectivity index (χ1) is 11.5. The van der Waals surface area contributed by atoms with Crippen molar-refractivity contribution >= 4 is 33.0 Å². The molecule has 1 unspecified atom stereocenters. The van der Waals surface area contributed by atoms with Gasteiger partial charge in [0.25, 0.3) is 10.0 Å². The van der Waals surface area contributed by atoms with Gasteiger partial charge in [-0.2, -0.15) is 0 Å². The SMILES string of the molecule is O=C(Cc1ccc(NS(=O)(=O)c2cccs2)cc1)NC1CCNC1. The lowest BCUT2D eigenvalue weighted by molar-refractivity contribution is -0.121. The van der Waals surface area contributed by atoms with Crippen LogP contribution in [-0.2, 0) is 21.2 Å². The van der Waals surface area contributed by atoms with Gasteiger partial charge < -0.3 is 10.6 Å². The van der Waals surface area contributed by atoms with Crippen LogP contribution in [0.3, 0.4) is 0 Å². The summed E-state index contributed by atoms with van der Waals surface area (Å²) in [6, 6.07) is 10.3. The molecule has 1 aliphatic heterocycles. The van der Waals surface area contributed by atoms with Gasteiger partial charge in [0, 0.05) is 18.3 Å². The number of anilines is 1. The van der Waals surface area contributed by atoms with Crippen LogP contribution in [0.1, 0.15) is 12.0 Å². The van der Waals surface area contributed by atoms with E-state index in [9.17, 15) is 13.2 Å². The Balaban J connectivity index is 1.58. The van der Waals surface area contributed by atoms with E-state index in [4.69, 9.17) is 0 Å². The van der Waals surface area contributed by atoms with Crippen LogP contribution < -0.4 is 15.4 Å². The highest BCUT2D eigenvalue weighted by Crippen LogP contribution is 2.20. The second kappa shape index (κ2) is 7.33. The summed E-state index contributed by atoms with van der Waals surface area (Å²) < 4.78 is 27.1. The van der Waals surface area contributed by atoms with Gasteiger partial charge in [-0.25, -0.2) is 8.42 Å². The molecule has 1 saturated heterocycles. The van der Waals surface area contributed by atoms with Crippen molar-refractivity contribution in [1.82, 2.24) is 10.6 Å². The Bertz CT molecular complexity index is 780. The zero-order valence-electron chi connectivity index (χ0n) is 13.0. The molecular formula is C16H19N3O3S2. The Morgan fingerprint density at radius 3 is 2.67 bits per heavy atom. The third-order valence-corrected chi connectivity index (χ3v) is 6.53. The Hall–Kier alpha value is -1.90. The molecule has 3 rings (SSSR count). The smallest absolute Gasteiger partial charge is 0.271 e. The van der Waals surface area contributed by atoms with Crippen LogP contribution in [0.15, 0.2) is 46.0 Å². The van der Waals surface area contributed by atoms with E-state index in [-0.39, 0.29) is 22.6 Å². The monoisotopic (exact) mass is 365 g/mol. The summed E-state index contributed by atoms with van der Waals surface area (Å²) in [5, 5.41) is 7.91. The molecule has 0 radical (unpaired) electrons. The molecule has 128 valence electrons. The summed E-state index contributed by atoms with van der Waals surface area (Å²) in [6.07, 6.45) is 1.24. The highest BCUT2D eigenvalue weighted by atomic mass is 32.2. The molecule has 0 aliphatic carbocycles. The maximum Gasteiger partial charge on any atom is 0.271 e. The molecule has 2 aromatic rings. The number of hydrogen-bond acceptors (Lipinski definition) is 5. The lowest BCUT2D eigenvalue weighted by Gasteiger charge is -2.11. The average Bonchev–Trinajstić information content (AvgIpc) is 3.22. The minimum absolute atomic E-state index is 0.0179. The number of amides is 1. The fraction of sp³-hybridized carbons (Fsp3) is 0.312. The largest absolute Gasteiger partial charge is 0.352 e. The Morgan fingerprint density at radius 2 is 2.04 bits per heavy atom. The second-order valence-corrected chi connectivity index (χ2v) is 8.53. The second-order valence-electron chi connectivity index (χ2n) is 5.67. The summed E-state index contributed by atoms with van der Waals surface area (Å²) in [7, 11) is -3.54. The van der Waals surface area contributed by atoms with Crippen molar-refractivity contribution in [1.29, 1.82) is 0 Å². The van der Waals surface area contributed by atoms with Gasteiger partial charge >= 0.3 is 0 Å². The van der Waals surface area contributed by atoms with Crippen LogP contribution in [0.5, 0.6) is 0 Å². The van der Waals surface area contributed by atoms with Crippen molar-refractivity contribution in [2.45, 2.75) is 23.1 Å². The van der Waals surface area contributed by atoms with Crippen molar-refractivity contribution in [2.24, 2.45) is 0 Å². The molecular weight excluding hydrogens is 346 g/mol. The molecule has 1 aliphatic rings. The van der Waals surface area contributed by atoms with Crippen molar-refractivity contribution in [3.05, 3.63) is 47.3 Å². The molecule has 24 heavy (non-hydrogen) atoms. The van der Waals surface area contributed by atoms with E-state index in [1.165, 1.54) is 11.3 Å². The van der Waals surface area contributed by atoms with Crippen LogP contribution in [0, 0.1) is 0 Å². The van der Waals surface area contributed by atoms with E-state index >= 15 is 0 Å². The van der Waals surface area contributed by atoms with E-state index in [1.807, 2.05) is 0 Å². The molecule has 2 heterocycles. The summed E-state index contributed by atoms with van der Waals surface area (Å²) in [4.78, 5) is 12.0. The summed E-state index contributed by atoms with van der Waals surface area (Å²) in [6.45, 7) is 1.75. The number of benzene rings is 1. The van der Waals surface area contributed by atoms with Gasteiger partial charge in [-0.05, 0) is 42.1 Å². The Labute approximate surface area is 145 Å². The van der Waals surface area contributed by atoms with Gasteiger partial charge in [0.05, 0.1) is 6.42 Å². The summed E-state index contributed by atoms with van der Waals surface area (Å²) >= 11 is 1.17. The molecule has 8 heteroatoms. The predicted molar refractivity (Wildman–Crippen MR) is 94.7 cm³/mol. The molecule has 3 N–H and O–H groups in total. The molecule has 1 atom stereocenters. The Kier molecular flexibility index (Phi) is 5.17. The van der Waals surface area contributed by atoms with Gasteiger partial charge in [0.2, 0.25) is 5.91 Å². The first-order valence-corrected chi connectivity index (χ1v) is 10.0. The number of thiophene rings is 1. The molecule has 0 saturated carbocycles. The minimum atomic E-state index is -3.54. The van der Waals surface area contributed by atoms with E-state index in [1.54, 1.807) is 41.8 Å². The summed E-state index contributed by atoms with van der Waals surface area (Å²) in [5.74, 6) is -0.0179. The van der Waals surface area contributed by atoms with Gasteiger partial charge in [0.15, 0.2) is 0 Å². The number of nitrogens with one attached hydrogen (secondary N) is 3. The molecule has 1 fully saturated rings. The average molecular weight is 365 g/mol. The Morgan fingerprint density at radius 1 is 1.25 bits per heavy atom. The predicted octanol–water partition coefficient (Wildman–Crippen LogP) is 1.57. The van der Waals surface area contributed by atoms with Crippen molar-refractivity contribution in [3.8, 4) is 0 Å². The highest BCUT2D eigenvalue weighted by molar-refractivity contribution is 7.94. The normalized spacial score (nSPS) is 17.6. The van der Waals surface area contributed by atoms with Crippen molar-refractivity contribution in [3.63, 3.8) is 0 Å². The fourth-order valence-corrected chi connectivity index (χ4v) is 4.61. The van der Waals surface area contributed by atoms with Crippen LogP contribution in [0.2, 0.25) is 0 Å². The van der Waals surface area contributed by atoms with Crippen LogP contribution in [0.25, 0.3) is 0 Å². The van der Waals surface area contributed by atoms with Crippen LogP contribution in [0.4, 0.5) is 5.69 Å². The topological polar surface area (TPSA) is 87.3 Å². The van der Waals surface area contributed by atoms with Crippen molar-refractivity contribution in [2.75, 3.05) is 17.8 Å². The fourth-order valence-electron chi connectivity index (χ4n) is 2.55. The molecule has 1 aromatic heterocycles. The zero-order valence-corrected chi connectivity index (χ0v) is 14.6. The first-order valence-electron chi connectivity index (χ1n) is 7.68. The maximum absolute atomic E-state index is 12.1. The van der Waals surface area contributed by atoms with Gasteiger partial charge in [0.1, 0.15) is 4.21 Å². The quantitative estimate of drug-likeness (QED) is 0.725. The standard InChI is InChI=1S/C16H19N3O3S2/c20-15(18-14-7-8-17-11-14)10-12-3-5-13(6-4-12)19-24(21,22)16-2-1-9-23-16/h1-6,9,14,17,19H,7-8,10-11H2,(H,18,20). The number of carbonyl (C=O) groups is 1. The summed E-state index contributed by atoms with van der Waals surface area (Å²) in [5.41, 5.74) is 1.32. The number of carbonyl (C=O) groups excluding carboxylic acids is 1. The van der Waals surface area contributed by atoms with Crippen LogP contribution >= 0.6 is 11.3 Å². The van der Waals surface area contributed by atoms with E-state index < -0.39 is 10.0 Å². The van der Waals surface area contributed by atoms with E-state index in [0.717, 1.165) is 25.1 Å². The number of hydrogen-bond donors (Lipinski definition) is 3. The molecule has 1 aromatic carbocycles. The first kappa shape index (κ1) is 16.9. The number of rotatable bonds is 6. The van der Waals surface area contributed by atoms with Crippen LogP contribution in [-0.4, -0.2) is 33.5 Å². The molecule has 0 bridgehead atoms. The van der Waals surface area contributed by atoms with E-state index in [2.05, 4.69) is 15.4 Å².